The minimum atomic E-state index is 0.0665. The number of aromatic nitrogens is 2. The van der Waals surface area contributed by atoms with Crippen LogP contribution >= 0.6 is 0 Å². The predicted molar refractivity (Wildman–Crippen MR) is 73.0 cm³/mol. The molecule has 18 heavy (non-hydrogen) atoms. The molecule has 5 heteroatoms. The lowest BCUT2D eigenvalue weighted by molar-refractivity contribution is 0.114. The molecular formula is C13H22N4O. The van der Waals surface area contributed by atoms with Gasteiger partial charge in [-0.25, -0.2) is 9.97 Å². The minimum Gasteiger partial charge on any atom is -0.396 e. The van der Waals surface area contributed by atoms with Gasteiger partial charge in [0.1, 0.15) is 0 Å². The SMILES string of the molecule is CN(C)c1nccnc1N1CCC(C)(CO)CC1. The minimum absolute atomic E-state index is 0.0665. The maximum atomic E-state index is 9.40. The highest BCUT2D eigenvalue weighted by Crippen LogP contribution is 2.33. The summed E-state index contributed by atoms with van der Waals surface area (Å²) in [5.74, 6) is 1.85. The topological polar surface area (TPSA) is 52.5 Å². The van der Waals surface area contributed by atoms with E-state index in [1.54, 1.807) is 12.4 Å². The number of piperidine rings is 1. The maximum Gasteiger partial charge on any atom is 0.171 e. The molecule has 1 N–H and O–H groups in total. The highest BCUT2D eigenvalue weighted by Gasteiger charge is 2.30. The van der Waals surface area contributed by atoms with Gasteiger partial charge in [0.2, 0.25) is 0 Å². The van der Waals surface area contributed by atoms with Crippen LogP contribution in [0.5, 0.6) is 0 Å². The van der Waals surface area contributed by atoms with Crippen molar-refractivity contribution >= 4 is 11.6 Å². The van der Waals surface area contributed by atoms with Crippen molar-refractivity contribution in [3.63, 3.8) is 0 Å². The summed E-state index contributed by atoms with van der Waals surface area (Å²) in [7, 11) is 3.96. The molecule has 5 nitrogen and oxygen atoms in total. The van der Waals surface area contributed by atoms with Crippen LogP contribution in [0.4, 0.5) is 11.6 Å². The Bertz CT molecular complexity index is 400. The first-order chi connectivity index (χ1) is 8.56. The summed E-state index contributed by atoms with van der Waals surface area (Å²) in [6.07, 6.45) is 5.45. The molecule has 0 aliphatic carbocycles. The summed E-state index contributed by atoms with van der Waals surface area (Å²) < 4.78 is 0. The molecule has 0 radical (unpaired) electrons. The van der Waals surface area contributed by atoms with Crippen LogP contribution in [0.1, 0.15) is 19.8 Å². The molecule has 1 aliphatic heterocycles. The maximum absolute atomic E-state index is 9.40. The largest absolute Gasteiger partial charge is 0.396 e. The monoisotopic (exact) mass is 250 g/mol. The molecule has 2 heterocycles. The molecule has 1 aliphatic rings. The zero-order chi connectivity index (χ0) is 13.2. The molecule has 0 aromatic carbocycles. The van der Waals surface area contributed by atoms with Crippen LogP contribution in [0.2, 0.25) is 0 Å². The molecule has 0 saturated carbocycles. The highest BCUT2D eigenvalue weighted by atomic mass is 16.3. The fraction of sp³-hybridized carbons (Fsp3) is 0.692. The molecule has 1 fully saturated rings. The summed E-state index contributed by atoms with van der Waals surface area (Å²) >= 11 is 0. The number of nitrogens with zero attached hydrogens (tertiary/aromatic N) is 4. The molecular weight excluding hydrogens is 228 g/mol. The van der Waals surface area contributed by atoms with Crippen LogP contribution in [0.25, 0.3) is 0 Å². The van der Waals surface area contributed by atoms with Crippen molar-refractivity contribution in [1.29, 1.82) is 0 Å². The number of aliphatic hydroxyl groups is 1. The summed E-state index contributed by atoms with van der Waals surface area (Å²) in [6.45, 7) is 4.27. The van der Waals surface area contributed by atoms with Gasteiger partial charge in [0, 0.05) is 46.2 Å². The average Bonchev–Trinajstić information content (AvgIpc) is 2.39. The van der Waals surface area contributed by atoms with Crippen molar-refractivity contribution in [3.05, 3.63) is 12.4 Å². The first-order valence-corrected chi connectivity index (χ1v) is 6.40. The summed E-state index contributed by atoms with van der Waals surface area (Å²) in [6, 6.07) is 0. The van der Waals surface area contributed by atoms with E-state index in [9.17, 15) is 5.11 Å². The Labute approximate surface area is 108 Å². The number of rotatable bonds is 3. The average molecular weight is 250 g/mol. The predicted octanol–water partition coefficient (Wildman–Crippen LogP) is 1.14. The molecule has 1 saturated heterocycles. The second kappa shape index (κ2) is 5.10. The van der Waals surface area contributed by atoms with Crippen LogP contribution in [0.15, 0.2) is 12.4 Å². The molecule has 2 rings (SSSR count). The number of anilines is 2. The van der Waals surface area contributed by atoms with Gasteiger partial charge < -0.3 is 14.9 Å². The highest BCUT2D eigenvalue weighted by molar-refractivity contribution is 5.61. The Balaban J connectivity index is 2.15. The zero-order valence-corrected chi connectivity index (χ0v) is 11.4. The molecule has 0 amide bonds. The zero-order valence-electron chi connectivity index (χ0n) is 11.4. The van der Waals surface area contributed by atoms with Crippen molar-refractivity contribution in [3.8, 4) is 0 Å². The lowest BCUT2D eigenvalue weighted by Crippen LogP contribution is -2.41. The van der Waals surface area contributed by atoms with Crippen molar-refractivity contribution in [2.75, 3.05) is 43.6 Å². The van der Waals surface area contributed by atoms with E-state index in [4.69, 9.17) is 0 Å². The molecule has 0 unspecified atom stereocenters. The molecule has 0 spiro atoms. The van der Waals surface area contributed by atoms with Crippen molar-refractivity contribution in [2.24, 2.45) is 5.41 Å². The second-order valence-corrected chi connectivity index (χ2v) is 5.55. The summed E-state index contributed by atoms with van der Waals surface area (Å²) in [5.41, 5.74) is 0.0665. The van der Waals surface area contributed by atoms with E-state index in [0.29, 0.717) is 0 Å². The van der Waals surface area contributed by atoms with Gasteiger partial charge in [0.05, 0.1) is 0 Å². The van der Waals surface area contributed by atoms with Gasteiger partial charge in [0.15, 0.2) is 11.6 Å². The van der Waals surface area contributed by atoms with E-state index < -0.39 is 0 Å². The van der Waals surface area contributed by atoms with Gasteiger partial charge in [-0.3, -0.25) is 0 Å². The Morgan fingerprint density at radius 3 is 2.44 bits per heavy atom. The van der Waals surface area contributed by atoms with Gasteiger partial charge in [-0.05, 0) is 18.3 Å². The number of aliphatic hydroxyl groups excluding tert-OH is 1. The van der Waals surface area contributed by atoms with E-state index in [-0.39, 0.29) is 12.0 Å². The third-order valence-electron chi connectivity index (χ3n) is 3.74. The lowest BCUT2D eigenvalue weighted by atomic mass is 9.81. The van der Waals surface area contributed by atoms with Gasteiger partial charge in [-0.1, -0.05) is 6.92 Å². The van der Waals surface area contributed by atoms with E-state index in [2.05, 4.69) is 21.8 Å². The number of hydrogen-bond donors (Lipinski definition) is 1. The van der Waals surface area contributed by atoms with Gasteiger partial charge in [0.25, 0.3) is 0 Å². The van der Waals surface area contributed by atoms with Crippen molar-refractivity contribution in [2.45, 2.75) is 19.8 Å². The Kier molecular flexibility index (Phi) is 3.71. The van der Waals surface area contributed by atoms with Crippen LogP contribution < -0.4 is 9.80 Å². The van der Waals surface area contributed by atoms with E-state index in [1.807, 2.05) is 19.0 Å². The van der Waals surface area contributed by atoms with Gasteiger partial charge in [-0.2, -0.15) is 0 Å². The number of hydrogen-bond acceptors (Lipinski definition) is 5. The van der Waals surface area contributed by atoms with Crippen LogP contribution in [-0.2, 0) is 0 Å². The lowest BCUT2D eigenvalue weighted by Gasteiger charge is -2.39. The van der Waals surface area contributed by atoms with Crippen LogP contribution in [0, 0.1) is 5.41 Å². The first-order valence-electron chi connectivity index (χ1n) is 6.40. The normalized spacial score (nSPS) is 18.8. The van der Waals surface area contributed by atoms with Gasteiger partial charge >= 0.3 is 0 Å². The van der Waals surface area contributed by atoms with E-state index >= 15 is 0 Å². The molecule has 100 valence electrons. The third-order valence-corrected chi connectivity index (χ3v) is 3.74. The molecule has 1 aromatic heterocycles. The summed E-state index contributed by atoms with van der Waals surface area (Å²) in [4.78, 5) is 13.1. The molecule has 0 bridgehead atoms. The Morgan fingerprint density at radius 1 is 1.28 bits per heavy atom. The summed E-state index contributed by atoms with van der Waals surface area (Å²) in [5, 5.41) is 9.40. The molecule has 0 atom stereocenters. The van der Waals surface area contributed by atoms with Crippen LogP contribution in [0.3, 0.4) is 0 Å². The van der Waals surface area contributed by atoms with Crippen molar-refractivity contribution in [1.82, 2.24) is 9.97 Å². The van der Waals surface area contributed by atoms with Crippen molar-refractivity contribution < 1.29 is 5.11 Å². The smallest absolute Gasteiger partial charge is 0.171 e. The van der Waals surface area contributed by atoms with E-state index in [0.717, 1.165) is 37.6 Å². The fourth-order valence-corrected chi connectivity index (χ4v) is 2.28. The molecule has 1 aromatic rings. The van der Waals surface area contributed by atoms with Crippen LogP contribution in [-0.4, -0.2) is 48.9 Å². The third kappa shape index (κ3) is 2.56. The van der Waals surface area contributed by atoms with Gasteiger partial charge in [-0.15, -0.1) is 0 Å². The fourth-order valence-electron chi connectivity index (χ4n) is 2.28. The quantitative estimate of drug-likeness (QED) is 0.872. The standard InChI is InChI=1S/C13H22N4O/c1-13(10-18)4-8-17(9-5-13)12-11(16(2)3)14-6-7-15-12/h6-7,18H,4-5,8-10H2,1-3H3. The second-order valence-electron chi connectivity index (χ2n) is 5.55. The Hall–Kier alpha value is -1.36. The first kappa shape index (κ1) is 13.1. The van der Waals surface area contributed by atoms with E-state index in [1.165, 1.54) is 0 Å². The Morgan fingerprint density at radius 2 is 1.89 bits per heavy atom.